The Balaban J connectivity index is 4.37. The Morgan fingerprint density at radius 2 is 0.682 bits per heavy atom. The molecule has 0 aliphatic rings. The fourth-order valence-electron chi connectivity index (χ4n) is 7.03. The van der Waals surface area contributed by atoms with Gasteiger partial charge in [0.15, 0.2) is 6.10 Å². The summed E-state index contributed by atoms with van der Waals surface area (Å²) in [7, 11) is 0. The minimum atomic E-state index is -0.570. The molecule has 0 aliphatic carbocycles. The third-order valence-electron chi connectivity index (χ3n) is 11.0. The van der Waals surface area contributed by atoms with E-state index in [2.05, 4.69) is 142 Å². The van der Waals surface area contributed by atoms with Crippen LogP contribution in [0.25, 0.3) is 0 Å². The summed E-state index contributed by atoms with van der Waals surface area (Å²) < 4.78 is 17.4. The maximum Gasteiger partial charge on any atom is 0.306 e. The van der Waals surface area contributed by atoms with Gasteiger partial charge >= 0.3 is 11.9 Å². The van der Waals surface area contributed by atoms with Crippen LogP contribution in [-0.4, -0.2) is 37.9 Å². The average molecular weight is 913 g/mol. The Bertz CT molecular complexity index is 1350. The molecule has 0 spiro atoms. The highest BCUT2D eigenvalue weighted by molar-refractivity contribution is 5.70. The van der Waals surface area contributed by atoms with E-state index in [1.807, 2.05) is 0 Å². The number of esters is 2. The zero-order chi connectivity index (χ0) is 47.7. The molecule has 0 radical (unpaired) electrons. The van der Waals surface area contributed by atoms with Gasteiger partial charge in [0.05, 0.1) is 6.61 Å². The zero-order valence-corrected chi connectivity index (χ0v) is 42.9. The maximum absolute atomic E-state index is 12.8. The van der Waals surface area contributed by atoms with Crippen LogP contribution in [0.4, 0.5) is 0 Å². The molecule has 374 valence electrons. The Morgan fingerprint density at radius 1 is 0.348 bits per heavy atom. The van der Waals surface area contributed by atoms with Crippen LogP contribution in [0.5, 0.6) is 0 Å². The van der Waals surface area contributed by atoms with E-state index in [-0.39, 0.29) is 25.2 Å². The van der Waals surface area contributed by atoms with Crippen molar-refractivity contribution in [3.05, 3.63) is 122 Å². The number of carbonyl (C=O) groups excluding carboxylic acids is 2. The van der Waals surface area contributed by atoms with Gasteiger partial charge < -0.3 is 14.2 Å². The lowest BCUT2D eigenvalue weighted by molar-refractivity contribution is -0.163. The molecule has 1 unspecified atom stereocenters. The van der Waals surface area contributed by atoms with Crippen molar-refractivity contribution in [2.75, 3.05) is 19.8 Å². The number of unbranched alkanes of at least 4 members (excludes halogenated alkanes) is 17. The van der Waals surface area contributed by atoms with E-state index >= 15 is 0 Å². The van der Waals surface area contributed by atoms with Crippen molar-refractivity contribution >= 4 is 11.9 Å². The van der Waals surface area contributed by atoms with Gasteiger partial charge in [-0.3, -0.25) is 9.59 Å². The molecule has 0 aromatic carbocycles. The summed E-state index contributed by atoms with van der Waals surface area (Å²) in [5.74, 6) is -0.454. The molecular formula is C61H100O5. The van der Waals surface area contributed by atoms with Crippen molar-refractivity contribution in [1.29, 1.82) is 0 Å². The van der Waals surface area contributed by atoms with Crippen molar-refractivity contribution in [3.63, 3.8) is 0 Å². The van der Waals surface area contributed by atoms with Crippen LogP contribution in [0.2, 0.25) is 0 Å². The molecule has 66 heavy (non-hydrogen) atoms. The van der Waals surface area contributed by atoms with E-state index in [1.54, 1.807) is 0 Å². The second-order valence-corrected chi connectivity index (χ2v) is 17.4. The molecule has 0 amide bonds. The van der Waals surface area contributed by atoms with Gasteiger partial charge in [0.25, 0.3) is 0 Å². The molecular weight excluding hydrogens is 813 g/mol. The summed E-state index contributed by atoms with van der Waals surface area (Å²) in [4.78, 5) is 25.4. The Morgan fingerprint density at radius 3 is 1.11 bits per heavy atom. The van der Waals surface area contributed by atoms with Gasteiger partial charge in [-0.05, 0) is 109 Å². The van der Waals surface area contributed by atoms with Gasteiger partial charge in [0.1, 0.15) is 6.61 Å². The molecule has 5 heteroatoms. The number of ether oxygens (including phenoxy) is 3. The van der Waals surface area contributed by atoms with Crippen LogP contribution >= 0.6 is 0 Å². The van der Waals surface area contributed by atoms with E-state index in [0.29, 0.717) is 19.4 Å². The van der Waals surface area contributed by atoms with Crippen molar-refractivity contribution < 1.29 is 23.8 Å². The molecule has 0 N–H and O–H groups in total. The number of hydrogen-bond acceptors (Lipinski definition) is 5. The number of allylic oxidation sites excluding steroid dienone is 20. The van der Waals surface area contributed by atoms with Crippen LogP contribution in [0.1, 0.15) is 226 Å². The summed E-state index contributed by atoms with van der Waals surface area (Å²) in [5, 5.41) is 0. The first-order valence-corrected chi connectivity index (χ1v) is 27.1. The van der Waals surface area contributed by atoms with Gasteiger partial charge in [0, 0.05) is 19.4 Å². The second kappa shape index (κ2) is 55.6. The monoisotopic (exact) mass is 913 g/mol. The highest BCUT2D eigenvalue weighted by Crippen LogP contribution is 2.14. The van der Waals surface area contributed by atoms with E-state index < -0.39 is 6.10 Å². The number of hydrogen-bond donors (Lipinski definition) is 0. The van der Waals surface area contributed by atoms with Gasteiger partial charge in [-0.25, -0.2) is 0 Å². The highest BCUT2D eigenvalue weighted by atomic mass is 16.6. The molecule has 0 rings (SSSR count). The van der Waals surface area contributed by atoms with Crippen LogP contribution in [-0.2, 0) is 23.8 Å². The molecule has 1 atom stereocenters. The topological polar surface area (TPSA) is 61.8 Å². The Labute approximate surface area is 407 Å². The van der Waals surface area contributed by atoms with Crippen LogP contribution in [0.3, 0.4) is 0 Å². The molecule has 0 bridgehead atoms. The number of carbonyl (C=O) groups is 2. The van der Waals surface area contributed by atoms with Gasteiger partial charge in [-0.15, -0.1) is 0 Å². The predicted molar refractivity (Wildman–Crippen MR) is 288 cm³/mol. The lowest BCUT2D eigenvalue weighted by Crippen LogP contribution is -2.30. The first kappa shape index (κ1) is 62.3. The second-order valence-electron chi connectivity index (χ2n) is 17.4. The highest BCUT2D eigenvalue weighted by Gasteiger charge is 2.17. The van der Waals surface area contributed by atoms with Crippen molar-refractivity contribution in [1.82, 2.24) is 0 Å². The zero-order valence-electron chi connectivity index (χ0n) is 42.9. The van der Waals surface area contributed by atoms with E-state index in [0.717, 1.165) is 135 Å². The minimum absolute atomic E-state index is 0.0517. The Hall–Kier alpha value is -3.70. The van der Waals surface area contributed by atoms with Gasteiger partial charge in [-0.2, -0.15) is 0 Å². The van der Waals surface area contributed by atoms with Gasteiger partial charge in [-0.1, -0.05) is 226 Å². The molecule has 0 saturated heterocycles. The first-order valence-electron chi connectivity index (χ1n) is 27.1. The SMILES string of the molecule is CC/C=C\C/C=C\C/C=C\C/C=C\C/C=C\CCCCCCOCC(COC(=O)CCCCC/C=C\C/C=C\C/C=C\C/C=C\C/C=C\CC)OC(=O)CCCCCCCCCCCCC. The van der Waals surface area contributed by atoms with E-state index in [1.165, 1.54) is 57.8 Å². The molecule has 0 aromatic heterocycles. The summed E-state index contributed by atoms with van der Waals surface area (Å²) in [6.07, 6.45) is 77.8. The van der Waals surface area contributed by atoms with Gasteiger partial charge in [0.2, 0.25) is 0 Å². The summed E-state index contributed by atoms with van der Waals surface area (Å²) in [6, 6.07) is 0. The van der Waals surface area contributed by atoms with E-state index in [9.17, 15) is 9.59 Å². The normalized spacial score (nSPS) is 13.2. The van der Waals surface area contributed by atoms with Crippen molar-refractivity contribution in [3.8, 4) is 0 Å². The molecule has 5 nitrogen and oxygen atoms in total. The standard InChI is InChI=1S/C61H100O5/c1-4-7-10-13-16-19-22-24-26-28-30-32-34-36-38-41-44-47-50-53-56-64-57-59(66-61(63)55-52-49-46-43-39-21-18-15-12-9-6-3)58-65-60(62)54-51-48-45-42-40-37-35-33-31-29-27-25-23-20-17-14-11-8-5-2/h7-8,10-11,16-17,19-20,24-27,30-33,36-38,40,59H,4-6,9,12-15,18,21-23,28-29,34-35,39,41-58H2,1-3H3/b10-7-,11-8-,19-16-,20-17-,26-24-,27-25-,32-30-,33-31-,38-36-,40-37-. The third kappa shape index (κ3) is 52.9. The summed E-state index contributed by atoms with van der Waals surface area (Å²) >= 11 is 0. The molecule has 0 fully saturated rings. The summed E-state index contributed by atoms with van der Waals surface area (Å²) in [5.41, 5.74) is 0. The fraction of sp³-hybridized carbons (Fsp3) is 0.639. The van der Waals surface area contributed by atoms with Crippen molar-refractivity contribution in [2.45, 2.75) is 232 Å². The lowest BCUT2D eigenvalue weighted by Gasteiger charge is -2.18. The van der Waals surface area contributed by atoms with Crippen molar-refractivity contribution in [2.24, 2.45) is 0 Å². The van der Waals surface area contributed by atoms with Crippen LogP contribution < -0.4 is 0 Å². The molecule has 0 saturated carbocycles. The molecule has 0 aromatic rings. The quantitative estimate of drug-likeness (QED) is 0.0346. The molecule has 0 aliphatic heterocycles. The largest absolute Gasteiger partial charge is 0.462 e. The maximum atomic E-state index is 12.8. The average Bonchev–Trinajstić information content (AvgIpc) is 3.32. The smallest absolute Gasteiger partial charge is 0.306 e. The molecule has 0 heterocycles. The van der Waals surface area contributed by atoms with E-state index in [4.69, 9.17) is 14.2 Å². The summed E-state index contributed by atoms with van der Waals surface area (Å²) in [6.45, 7) is 7.50. The first-order chi connectivity index (χ1) is 32.6. The van der Waals surface area contributed by atoms with Crippen LogP contribution in [0.15, 0.2) is 122 Å². The fourth-order valence-corrected chi connectivity index (χ4v) is 7.03. The third-order valence-corrected chi connectivity index (χ3v) is 11.0. The minimum Gasteiger partial charge on any atom is -0.462 e. The predicted octanol–water partition coefficient (Wildman–Crippen LogP) is 18.6. The lowest BCUT2D eigenvalue weighted by atomic mass is 10.1. The number of rotatable bonds is 48. The van der Waals surface area contributed by atoms with Crippen LogP contribution in [0, 0.1) is 0 Å². The Kier molecular flexibility index (Phi) is 52.5.